The number of ether oxygens (including phenoxy) is 1. The molecule has 0 spiro atoms. The van der Waals surface area contributed by atoms with Gasteiger partial charge in [-0.15, -0.1) is 0 Å². The monoisotopic (exact) mass is 391 g/mol. The molecule has 0 saturated heterocycles. The molecule has 2 aromatic carbocycles. The third-order valence-corrected chi connectivity index (χ3v) is 5.47. The van der Waals surface area contributed by atoms with Gasteiger partial charge in [0.15, 0.2) is 10.6 Å². The molecular weight excluding hydrogens is 366 g/mol. The minimum Gasteiger partial charge on any atom is -0.493 e. The number of allylic oxidation sites excluding steroid dienone is 1. The van der Waals surface area contributed by atoms with Crippen molar-refractivity contribution in [3.8, 4) is 22.8 Å². The number of aromatic nitrogens is 3. The molecule has 4 rings (SSSR count). The average molecular weight is 392 g/mol. The average Bonchev–Trinajstić information content (AvgIpc) is 3.09. The van der Waals surface area contributed by atoms with E-state index in [2.05, 4.69) is 65.0 Å². The predicted octanol–water partition coefficient (Wildman–Crippen LogP) is 6.04. The van der Waals surface area contributed by atoms with Crippen LogP contribution in [0.25, 0.3) is 23.2 Å². The fraction of sp³-hybridized carbons (Fsp3) is 0.304. The lowest BCUT2D eigenvalue weighted by Crippen LogP contribution is -2.08. The zero-order chi connectivity index (χ0) is 19.5. The van der Waals surface area contributed by atoms with Crippen LogP contribution < -0.4 is 4.74 Å². The Morgan fingerprint density at radius 2 is 2.07 bits per heavy atom. The van der Waals surface area contributed by atoms with Crippen LogP contribution in [0.1, 0.15) is 42.9 Å². The van der Waals surface area contributed by atoms with Crippen molar-refractivity contribution in [2.75, 3.05) is 6.61 Å². The van der Waals surface area contributed by atoms with E-state index in [9.17, 15) is 0 Å². The quantitative estimate of drug-likeness (QED) is 0.411. The number of hydrogen-bond donors (Lipinski definition) is 1. The van der Waals surface area contributed by atoms with Gasteiger partial charge >= 0.3 is 0 Å². The molecule has 144 valence electrons. The van der Waals surface area contributed by atoms with Crippen LogP contribution in [0.5, 0.6) is 5.75 Å². The second-order valence-electron chi connectivity index (χ2n) is 7.12. The lowest BCUT2D eigenvalue weighted by molar-refractivity contribution is 0.308. The number of unbranched alkanes of at least 4 members (excludes halogenated alkanes) is 1. The number of aryl methyl sites for hydroxylation is 1. The van der Waals surface area contributed by atoms with Gasteiger partial charge in [-0.2, -0.15) is 5.10 Å². The summed E-state index contributed by atoms with van der Waals surface area (Å²) in [6.45, 7) is 5.02. The minimum atomic E-state index is 0.606. The van der Waals surface area contributed by atoms with Gasteiger partial charge in [-0.05, 0) is 61.7 Å². The summed E-state index contributed by atoms with van der Waals surface area (Å²) in [6.07, 6.45) is 8.57. The highest BCUT2D eigenvalue weighted by Crippen LogP contribution is 2.35. The Kier molecular flexibility index (Phi) is 5.44. The third kappa shape index (κ3) is 3.42. The summed E-state index contributed by atoms with van der Waals surface area (Å²) < 4.78 is 8.74. The molecule has 28 heavy (non-hydrogen) atoms. The van der Waals surface area contributed by atoms with E-state index in [1.54, 1.807) is 0 Å². The maximum Gasteiger partial charge on any atom is 0.200 e. The first kappa shape index (κ1) is 18.7. The molecule has 1 aromatic heterocycles. The Labute approximate surface area is 170 Å². The second kappa shape index (κ2) is 8.15. The summed E-state index contributed by atoms with van der Waals surface area (Å²) >= 11 is 5.62. The molecule has 1 aliphatic carbocycles. The van der Waals surface area contributed by atoms with E-state index in [0.717, 1.165) is 55.1 Å². The van der Waals surface area contributed by atoms with Crippen molar-refractivity contribution in [2.45, 2.75) is 39.5 Å². The largest absolute Gasteiger partial charge is 0.493 e. The number of H-pyrrole nitrogens is 1. The van der Waals surface area contributed by atoms with Gasteiger partial charge in [0.1, 0.15) is 5.75 Å². The maximum absolute atomic E-state index is 6.07. The van der Waals surface area contributed by atoms with Crippen molar-refractivity contribution in [3.63, 3.8) is 0 Å². The Balaban J connectivity index is 1.86. The normalized spacial score (nSPS) is 12.8. The summed E-state index contributed by atoms with van der Waals surface area (Å²) in [5.41, 5.74) is 5.77. The number of rotatable bonds is 6. The highest BCUT2D eigenvalue weighted by atomic mass is 32.1. The number of nitrogens with one attached hydrogen (secondary N) is 1. The van der Waals surface area contributed by atoms with Gasteiger partial charge in [0.25, 0.3) is 0 Å². The molecule has 0 unspecified atom stereocenters. The van der Waals surface area contributed by atoms with Crippen molar-refractivity contribution < 1.29 is 4.74 Å². The SMILES string of the molecule is CCCCOc1ccc(-n2c(-c3ccccc3C)n[nH]c2=S)c2c1C=CCC2. The van der Waals surface area contributed by atoms with Gasteiger partial charge in [-0.25, -0.2) is 0 Å². The smallest absolute Gasteiger partial charge is 0.200 e. The van der Waals surface area contributed by atoms with Gasteiger partial charge in [0.2, 0.25) is 0 Å². The number of benzene rings is 2. The lowest BCUT2D eigenvalue weighted by Gasteiger charge is -2.21. The van der Waals surface area contributed by atoms with Crippen molar-refractivity contribution >= 4 is 18.3 Å². The highest BCUT2D eigenvalue weighted by Gasteiger charge is 2.20. The molecule has 1 N–H and O–H groups in total. The van der Waals surface area contributed by atoms with Crippen LogP contribution in [0, 0.1) is 11.7 Å². The molecule has 0 atom stereocenters. The predicted molar refractivity (Wildman–Crippen MR) is 117 cm³/mol. The first-order chi connectivity index (χ1) is 13.7. The van der Waals surface area contributed by atoms with Crippen LogP contribution >= 0.6 is 12.2 Å². The van der Waals surface area contributed by atoms with Gasteiger partial charge in [0.05, 0.1) is 12.3 Å². The molecule has 0 fully saturated rings. The van der Waals surface area contributed by atoms with Gasteiger partial charge < -0.3 is 4.74 Å². The van der Waals surface area contributed by atoms with Gasteiger partial charge in [-0.1, -0.05) is 49.8 Å². The van der Waals surface area contributed by atoms with Crippen LogP contribution in [-0.4, -0.2) is 21.4 Å². The summed E-state index contributed by atoms with van der Waals surface area (Å²) in [4.78, 5) is 0. The molecule has 0 bridgehead atoms. The molecule has 1 aliphatic rings. The van der Waals surface area contributed by atoms with Gasteiger partial charge in [-0.3, -0.25) is 9.67 Å². The van der Waals surface area contributed by atoms with Crippen LogP contribution in [-0.2, 0) is 6.42 Å². The molecule has 0 aliphatic heterocycles. The van der Waals surface area contributed by atoms with Crippen molar-refractivity contribution in [3.05, 3.63) is 63.9 Å². The molecular formula is C23H25N3OS. The van der Waals surface area contributed by atoms with Crippen LogP contribution in [0.3, 0.4) is 0 Å². The number of aromatic amines is 1. The molecule has 5 heteroatoms. The summed E-state index contributed by atoms with van der Waals surface area (Å²) in [7, 11) is 0. The zero-order valence-corrected chi connectivity index (χ0v) is 17.2. The van der Waals surface area contributed by atoms with Gasteiger partial charge in [0, 0.05) is 11.1 Å². The fourth-order valence-electron chi connectivity index (χ4n) is 3.69. The standard InChI is InChI=1S/C23H25N3OS/c1-3-4-15-27-21-14-13-20(18-11-7-8-12-19(18)21)26-22(24-25-23(26)28)17-10-6-5-9-16(17)2/h5-6,8-10,12-14H,3-4,7,11,15H2,1-2H3,(H,25,28). The Hall–Kier alpha value is -2.66. The van der Waals surface area contributed by atoms with Crippen LogP contribution in [0.15, 0.2) is 42.5 Å². The molecule has 0 radical (unpaired) electrons. The lowest BCUT2D eigenvalue weighted by atomic mass is 9.94. The Morgan fingerprint density at radius 3 is 2.89 bits per heavy atom. The number of fused-ring (bicyclic) bond motifs is 1. The van der Waals surface area contributed by atoms with Crippen LogP contribution in [0.4, 0.5) is 0 Å². The Morgan fingerprint density at radius 1 is 1.21 bits per heavy atom. The minimum absolute atomic E-state index is 0.606. The third-order valence-electron chi connectivity index (χ3n) is 5.19. The fourth-order valence-corrected chi connectivity index (χ4v) is 3.92. The molecule has 1 heterocycles. The maximum atomic E-state index is 6.07. The summed E-state index contributed by atoms with van der Waals surface area (Å²) in [6, 6.07) is 12.4. The molecule has 4 nitrogen and oxygen atoms in total. The first-order valence-electron chi connectivity index (χ1n) is 9.89. The topological polar surface area (TPSA) is 42.8 Å². The van der Waals surface area contributed by atoms with E-state index in [-0.39, 0.29) is 0 Å². The van der Waals surface area contributed by atoms with Crippen LogP contribution in [0.2, 0.25) is 0 Å². The van der Waals surface area contributed by atoms with E-state index in [1.165, 1.54) is 16.7 Å². The van der Waals surface area contributed by atoms with Crippen molar-refractivity contribution in [1.82, 2.24) is 14.8 Å². The zero-order valence-electron chi connectivity index (χ0n) is 16.4. The van der Waals surface area contributed by atoms with E-state index in [1.807, 2.05) is 12.1 Å². The van der Waals surface area contributed by atoms with Crippen molar-refractivity contribution in [2.24, 2.45) is 0 Å². The van der Waals surface area contributed by atoms with E-state index in [4.69, 9.17) is 17.0 Å². The van der Waals surface area contributed by atoms with E-state index >= 15 is 0 Å². The molecule has 0 amide bonds. The van der Waals surface area contributed by atoms with E-state index < -0.39 is 0 Å². The summed E-state index contributed by atoms with van der Waals surface area (Å²) in [5.74, 6) is 1.80. The summed E-state index contributed by atoms with van der Waals surface area (Å²) in [5, 5.41) is 7.54. The van der Waals surface area contributed by atoms with E-state index in [0.29, 0.717) is 4.77 Å². The molecule has 3 aromatic rings. The van der Waals surface area contributed by atoms with Crippen molar-refractivity contribution in [1.29, 1.82) is 0 Å². The number of nitrogens with zero attached hydrogens (tertiary/aromatic N) is 2. The molecule has 0 saturated carbocycles. The second-order valence-corrected chi connectivity index (χ2v) is 7.51. The highest BCUT2D eigenvalue weighted by molar-refractivity contribution is 7.71. The first-order valence-corrected chi connectivity index (χ1v) is 10.3. The number of hydrogen-bond acceptors (Lipinski definition) is 3. The Bertz CT molecular complexity index is 1080.